The van der Waals surface area contributed by atoms with Gasteiger partial charge in [0.15, 0.2) is 0 Å². The van der Waals surface area contributed by atoms with Gasteiger partial charge in [-0.25, -0.2) is 17.5 Å². The SMILES string of the molecule is Nc1c(F)cccc1S(=O)(=O)NCC1CCC(=O)N1. The van der Waals surface area contributed by atoms with E-state index in [9.17, 15) is 17.6 Å². The summed E-state index contributed by atoms with van der Waals surface area (Å²) in [6.07, 6.45) is 0.953. The zero-order chi connectivity index (χ0) is 14.0. The Labute approximate surface area is 110 Å². The molecule has 1 saturated heterocycles. The van der Waals surface area contributed by atoms with Crippen LogP contribution in [0.25, 0.3) is 0 Å². The van der Waals surface area contributed by atoms with Gasteiger partial charge in [0.1, 0.15) is 10.7 Å². The molecule has 8 heteroatoms. The average molecular weight is 287 g/mol. The van der Waals surface area contributed by atoms with Crippen molar-refractivity contribution < 1.29 is 17.6 Å². The Morgan fingerprint density at radius 2 is 2.21 bits per heavy atom. The van der Waals surface area contributed by atoms with Crippen LogP contribution in [0, 0.1) is 5.82 Å². The Kier molecular flexibility index (Phi) is 3.72. The molecule has 1 atom stereocenters. The maximum Gasteiger partial charge on any atom is 0.242 e. The lowest BCUT2D eigenvalue weighted by Crippen LogP contribution is -2.38. The standard InChI is InChI=1S/C11H14FN3O3S/c12-8-2-1-3-9(11(8)13)19(17,18)14-6-7-4-5-10(16)15-7/h1-3,7,14H,4-6,13H2,(H,15,16). The molecule has 104 valence electrons. The normalized spacial score (nSPS) is 19.4. The minimum atomic E-state index is -3.88. The number of halogens is 1. The molecule has 0 saturated carbocycles. The monoisotopic (exact) mass is 287 g/mol. The van der Waals surface area contributed by atoms with Crippen molar-refractivity contribution in [1.29, 1.82) is 0 Å². The van der Waals surface area contributed by atoms with Crippen LogP contribution in [0.5, 0.6) is 0 Å². The smallest absolute Gasteiger partial charge is 0.242 e. The molecule has 1 aromatic carbocycles. The Hall–Kier alpha value is -1.67. The van der Waals surface area contributed by atoms with Crippen LogP contribution in [0.15, 0.2) is 23.1 Å². The zero-order valence-corrected chi connectivity index (χ0v) is 10.8. The molecule has 1 aliphatic heterocycles. The van der Waals surface area contributed by atoms with E-state index in [1.54, 1.807) is 0 Å². The summed E-state index contributed by atoms with van der Waals surface area (Å²) in [4.78, 5) is 10.7. The number of hydrogen-bond donors (Lipinski definition) is 3. The predicted octanol–water partition coefficient (Wildman–Crippen LogP) is -0.0352. The quantitative estimate of drug-likeness (QED) is 0.677. The second kappa shape index (κ2) is 5.14. The minimum Gasteiger partial charge on any atom is -0.395 e. The summed E-state index contributed by atoms with van der Waals surface area (Å²) >= 11 is 0. The van der Waals surface area contributed by atoms with Crippen LogP contribution >= 0.6 is 0 Å². The summed E-state index contributed by atoms with van der Waals surface area (Å²) < 4.78 is 39.5. The number of hydrogen-bond acceptors (Lipinski definition) is 4. The van der Waals surface area contributed by atoms with Crippen molar-refractivity contribution in [2.24, 2.45) is 0 Å². The van der Waals surface area contributed by atoms with Gasteiger partial charge in [-0.15, -0.1) is 0 Å². The summed E-state index contributed by atoms with van der Waals surface area (Å²) in [7, 11) is -3.88. The summed E-state index contributed by atoms with van der Waals surface area (Å²) in [5, 5.41) is 2.63. The maximum atomic E-state index is 13.2. The highest BCUT2D eigenvalue weighted by atomic mass is 32.2. The van der Waals surface area contributed by atoms with E-state index in [0.29, 0.717) is 12.8 Å². The van der Waals surface area contributed by atoms with Gasteiger partial charge >= 0.3 is 0 Å². The number of carbonyl (C=O) groups is 1. The molecule has 0 aromatic heterocycles. The van der Waals surface area contributed by atoms with Gasteiger partial charge in [-0.05, 0) is 18.6 Å². The van der Waals surface area contributed by atoms with Gasteiger partial charge in [-0.2, -0.15) is 0 Å². The van der Waals surface area contributed by atoms with Gasteiger partial charge in [-0.1, -0.05) is 6.07 Å². The number of nitrogens with one attached hydrogen (secondary N) is 2. The van der Waals surface area contributed by atoms with E-state index in [1.165, 1.54) is 12.1 Å². The molecule has 19 heavy (non-hydrogen) atoms. The molecule has 1 amide bonds. The Bertz CT molecular complexity index is 603. The van der Waals surface area contributed by atoms with Gasteiger partial charge in [-0.3, -0.25) is 4.79 Å². The zero-order valence-electron chi connectivity index (χ0n) is 10.0. The van der Waals surface area contributed by atoms with Crippen molar-refractivity contribution in [1.82, 2.24) is 10.0 Å². The summed E-state index contributed by atoms with van der Waals surface area (Å²) in [5.74, 6) is -0.883. The molecule has 0 spiro atoms. The molecule has 1 aliphatic rings. The van der Waals surface area contributed by atoms with E-state index >= 15 is 0 Å². The number of anilines is 1. The van der Waals surface area contributed by atoms with Crippen LogP contribution in [0.4, 0.5) is 10.1 Å². The van der Waals surface area contributed by atoms with Crippen molar-refractivity contribution in [3.05, 3.63) is 24.0 Å². The molecular weight excluding hydrogens is 273 g/mol. The van der Waals surface area contributed by atoms with Crippen molar-refractivity contribution in [2.75, 3.05) is 12.3 Å². The predicted molar refractivity (Wildman–Crippen MR) is 67.2 cm³/mol. The fourth-order valence-corrected chi connectivity index (χ4v) is 3.09. The Morgan fingerprint density at radius 1 is 1.47 bits per heavy atom. The highest BCUT2D eigenvalue weighted by Crippen LogP contribution is 2.20. The number of rotatable bonds is 4. The highest BCUT2D eigenvalue weighted by molar-refractivity contribution is 7.89. The molecule has 2 rings (SSSR count). The fraction of sp³-hybridized carbons (Fsp3) is 0.364. The van der Waals surface area contributed by atoms with Gasteiger partial charge in [0, 0.05) is 19.0 Å². The summed E-state index contributed by atoms with van der Waals surface area (Å²) in [6, 6.07) is 3.36. The third-order valence-corrected chi connectivity index (χ3v) is 4.39. The van der Waals surface area contributed by atoms with E-state index in [1.807, 2.05) is 0 Å². The number of nitrogen functional groups attached to an aromatic ring is 1. The number of carbonyl (C=O) groups excluding carboxylic acids is 1. The van der Waals surface area contributed by atoms with Crippen LogP contribution in [0.1, 0.15) is 12.8 Å². The first kappa shape index (κ1) is 13.8. The van der Waals surface area contributed by atoms with Gasteiger partial charge < -0.3 is 11.1 Å². The van der Waals surface area contributed by atoms with Crippen molar-refractivity contribution in [2.45, 2.75) is 23.8 Å². The second-order valence-electron chi connectivity index (χ2n) is 4.31. The van der Waals surface area contributed by atoms with E-state index in [-0.39, 0.29) is 23.4 Å². The number of para-hydroxylation sites is 1. The number of benzene rings is 1. The summed E-state index contributed by atoms with van der Waals surface area (Å²) in [6.45, 7) is 0.0596. The maximum absolute atomic E-state index is 13.2. The minimum absolute atomic E-state index is 0.0596. The van der Waals surface area contributed by atoms with E-state index in [0.717, 1.165) is 6.07 Å². The Balaban J connectivity index is 2.10. The van der Waals surface area contributed by atoms with Gasteiger partial charge in [0.05, 0.1) is 5.69 Å². The van der Waals surface area contributed by atoms with E-state index in [2.05, 4.69) is 10.0 Å². The number of sulfonamides is 1. The van der Waals surface area contributed by atoms with Crippen LogP contribution in [0.3, 0.4) is 0 Å². The van der Waals surface area contributed by atoms with Crippen LogP contribution < -0.4 is 15.8 Å². The third-order valence-electron chi connectivity index (χ3n) is 2.91. The van der Waals surface area contributed by atoms with Crippen molar-refractivity contribution in [3.8, 4) is 0 Å². The van der Waals surface area contributed by atoms with E-state index < -0.39 is 21.5 Å². The molecule has 0 radical (unpaired) electrons. The van der Waals surface area contributed by atoms with Crippen LogP contribution in [-0.4, -0.2) is 26.9 Å². The fourth-order valence-electron chi connectivity index (χ4n) is 1.87. The first-order valence-electron chi connectivity index (χ1n) is 5.73. The first-order valence-corrected chi connectivity index (χ1v) is 7.21. The topological polar surface area (TPSA) is 101 Å². The largest absolute Gasteiger partial charge is 0.395 e. The molecular formula is C11H14FN3O3S. The van der Waals surface area contributed by atoms with Crippen LogP contribution in [-0.2, 0) is 14.8 Å². The molecule has 1 heterocycles. The molecule has 6 nitrogen and oxygen atoms in total. The number of nitrogens with two attached hydrogens (primary N) is 1. The lowest BCUT2D eigenvalue weighted by atomic mass is 10.2. The first-order chi connectivity index (χ1) is 8.90. The lowest BCUT2D eigenvalue weighted by molar-refractivity contribution is -0.119. The van der Waals surface area contributed by atoms with Gasteiger partial charge in [0.2, 0.25) is 15.9 Å². The molecule has 1 unspecified atom stereocenters. The summed E-state index contributed by atoms with van der Waals surface area (Å²) in [5.41, 5.74) is 5.00. The average Bonchev–Trinajstić information content (AvgIpc) is 2.76. The molecule has 1 fully saturated rings. The molecule has 0 bridgehead atoms. The molecule has 4 N–H and O–H groups in total. The second-order valence-corrected chi connectivity index (χ2v) is 6.04. The van der Waals surface area contributed by atoms with Crippen molar-refractivity contribution in [3.63, 3.8) is 0 Å². The highest BCUT2D eigenvalue weighted by Gasteiger charge is 2.24. The Morgan fingerprint density at radius 3 is 2.84 bits per heavy atom. The van der Waals surface area contributed by atoms with Crippen LogP contribution in [0.2, 0.25) is 0 Å². The third kappa shape index (κ3) is 3.02. The molecule has 0 aliphatic carbocycles. The molecule has 1 aromatic rings. The van der Waals surface area contributed by atoms with Gasteiger partial charge in [0.25, 0.3) is 0 Å². The van der Waals surface area contributed by atoms with Crippen molar-refractivity contribution >= 4 is 21.6 Å². The lowest BCUT2D eigenvalue weighted by Gasteiger charge is -2.13. The van der Waals surface area contributed by atoms with E-state index in [4.69, 9.17) is 5.73 Å². The number of amides is 1.